The van der Waals surface area contributed by atoms with Crippen LogP contribution in [0.2, 0.25) is 0 Å². The van der Waals surface area contributed by atoms with Crippen LogP contribution in [0.25, 0.3) is 0 Å². The molecule has 0 radical (unpaired) electrons. The zero-order valence-corrected chi connectivity index (χ0v) is 13.7. The van der Waals surface area contributed by atoms with E-state index in [1.165, 1.54) is 17.4 Å². The Balaban J connectivity index is 1.64. The van der Waals surface area contributed by atoms with E-state index in [-0.39, 0.29) is 12.5 Å². The fraction of sp³-hybridized carbons (Fsp3) is 0.474. The van der Waals surface area contributed by atoms with Crippen LogP contribution in [-0.4, -0.2) is 34.5 Å². The number of nitrogens with zero attached hydrogens (tertiary/aromatic N) is 1. The summed E-state index contributed by atoms with van der Waals surface area (Å²) in [5.41, 5.74) is 0. The Morgan fingerprint density at radius 3 is 2.58 bits per heavy atom. The van der Waals surface area contributed by atoms with Crippen molar-refractivity contribution in [1.82, 2.24) is 4.90 Å². The van der Waals surface area contributed by atoms with E-state index in [9.17, 15) is 14.7 Å². The fourth-order valence-corrected chi connectivity index (χ4v) is 3.58. The van der Waals surface area contributed by atoms with Gasteiger partial charge in [-0.25, -0.2) is 4.79 Å². The van der Waals surface area contributed by atoms with Gasteiger partial charge in [0, 0.05) is 6.08 Å². The van der Waals surface area contributed by atoms with Crippen LogP contribution in [-0.2, 0) is 9.59 Å². The van der Waals surface area contributed by atoms with E-state index in [0.29, 0.717) is 23.8 Å². The Labute approximate surface area is 141 Å². The van der Waals surface area contributed by atoms with Gasteiger partial charge in [-0.15, -0.1) is 0 Å². The van der Waals surface area contributed by atoms with Crippen LogP contribution < -0.4 is 4.74 Å². The number of carbonyl (C=O) groups is 2. The predicted octanol–water partition coefficient (Wildman–Crippen LogP) is 3.22. The van der Waals surface area contributed by atoms with Crippen LogP contribution in [0, 0.1) is 5.92 Å². The van der Waals surface area contributed by atoms with Gasteiger partial charge in [-0.1, -0.05) is 50.3 Å². The zero-order valence-electron chi connectivity index (χ0n) is 13.7. The van der Waals surface area contributed by atoms with Crippen molar-refractivity contribution in [2.45, 2.75) is 44.6 Å². The quantitative estimate of drug-likeness (QED) is 0.870. The van der Waals surface area contributed by atoms with Gasteiger partial charge in [-0.2, -0.15) is 0 Å². The second-order valence-electron chi connectivity index (χ2n) is 6.59. The topological polar surface area (TPSA) is 66.8 Å². The molecule has 1 N–H and O–H groups in total. The third-order valence-electron chi connectivity index (χ3n) is 4.83. The molecule has 1 aromatic rings. The molecular weight excluding hydrogens is 306 g/mol. The summed E-state index contributed by atoms with van der Waals surface area (Å²) in [7, 11) is 0. The van der Waals surface area contributed by atoms with Crippen LogP contribution in [0.5, 0.6) is 5.75 Å². The monoisotopic (exact) mass is 329 g/mol. The Morgan fingerprint density at radius 2 is 1.92 bits per heavy atom. The average Bonchev–Trinajstić information content (AvgIpc) is 2.94. The lowest BCUT2D eigenvalue weighted by Gasteiger charge is -2.30. The zero-order chi connectivity index (χ0) is 16.9. The van der Waals surface area contributed by atoms with E-state index >= 15 is 0 Å². The first kappa shape index (κ1) is 16.6. The highest BCUT2D eigenvalue weighted by molar-refractivity contribution is 5.94. The normalized spacial score (nSPS) is 19.9. The van der Waals surface area contributed by atoms with Gasteiger partial charge in [0.05, 0.1) is 6.54 Å². The minimum absolute atomic E-state index is 0.220. The van der Waals surface area contributed by atoms with Gasteiger partial charge in [0.1, 0.15) is 17.6 Å². The molecule has 0 saturated heterocycles. The SMILES string of the molecule is O=C(O)[C@H](CC1CCCCC1)N1CC(Oc2ccccc2)=CC1=O. The van der Waals surface area contributed by atoms with Crippen LogP contribution in [0.15, 0.2) is 42.2 Å². The van der Waals surface area contributed by atoms with Crippen molar-refractivity contribution < 1.29 is 19.4 Å². The summed E-state index contributed by atoms with van der Waals surface area (Å²) in [5.74, 6) is 0.345. The van der Waals surface area contributed by atoms with Gasteiger partial charge in [0.25, 0.3) is 5.91 Å². The van der Waals surface area contributed by atoms with E-state index < -0.39 is 12.0 Å². The molecular formula is C19H23NO4. The summed E-state index contributed by atoms with van der Waals surface area (Å²) in [6.07, 6.45) is 7.61. The number of benzene rings is 1. The Bertz CT molecular complexity index is 620. The van der Waals surface area contributed by atoms with Crippen LogP contribution in [0.3, 0.4) is 0 Å². The van der Waals surface area contributed by atoms with E-state index in [1.54, 1.807) is 0 Å². The molecule has 0 aromatic heterocycles. The number of hydrogen-bond donors (Lipinski definition) is 1. The van der Waals surface area contributed by atoms with Gasteiger partial charge >= 0.3 is 5.97 Å². The maximum Gasteiger partial charge on any atom is 0.326 e. The molecule has 24 heavy (non-hydrogen) atoms. The minimum atomic E-state index is -0.928. The molecule has 0 unspecified atom stereocenters. The maximum atomic E-state index is 12.3. The number of para-hydroxylation sites is 1. The van der Waals surface area contributed by atoms with E-state index in [4.69, 9.17) is 4.74 Å². The second kappa shape index (κ2) is 7.51. The van der Waals surface area contributed by atoms with E-state index in [1.807, 2.05) is 30.3 Å². The Hall–Kier alpha value is -2.30. The van der Waals surface area contributed by atoms with Crippen molar-refractivity contribution in [3.63, 3.8) is 0 Å². The summed E-state index contributed by atoms with van der Waals surface area (Å²) in [6.45, 7) is 0.220. The van der Waals surface area contributed by atoms with Gasteiger partial charge in [0.15, 0.2) is 0 Å². The number of carbonyl (C=O) groups excluding carboxylic acids is 1. The largest absolute Gasteiger partial charge is 0.480 e. The summed E-state index contributed by atoms with van der Waals surface area (Å²) < 4.78 is 5.70. The number of ether oxygens (including phenoxy) is 1. The summed E-state index contributed by atoms with van der Waals surface area (Å²) >= 11 is 0. The summed E-state index contributed by atoms with van der Waals surface area (Å²) in [4.78, 5) is 25.4. The predicted molar refractivity (Wildman–Crippen MR) is 89.5 cm³/mol. The second-order valence-corrected chi connectivity index (χ2v) is 6.59. The smallest absolute Gasteiger partial charge is 0.326 e. The third-order valence-corrected chi connectivity index (χ3v) is 4.83. The van der Waals surface area contributed by atoms with Crippen LogP contribution >= 0.6 is 0 Å². The Morgan fingerprint density at radius 1 is 1.21 bits per heavy atom. The first-order chi connectivity index (χ1) is 11.6. The number of aliphatic carboxylic acids is 1. The molecule has 2 aliphatic rings. The van der Waals surface area contributed by atoms with Crippen LogP contribution in [0.1, 0.15) is 38.5 Å². The molecule has 1 aromatic carbocycles. The van der Waals surface area contributed by atoms with Crippen molar-refractivity contribution in [2.75, 3.05) is 6.54 Å². The molecule has 1 heterocycles. The molecule has 1 amide bonds. The fourth-order valence-electron chi connectivity index (χ4n) is 3.58. The molecule has 3 rings (SSSR count). The highest BCUT2D eigenvalue weighted by atomic mass is 16.5. The summed E-state index contributed by atoms with van der Waals surface area (Å²) in [6, 6.07) is 8.45. The van der Waals surface area contributed by atoms with Crippen molar-refractivity contribution in [2.24, 2.45) is 5.92 Å². The first-order valence-electron chi connectivity index (χ1n) is 8.60. The Kier molecular flexibility index (Phi) is 5.18. The number of carboxylic acid groups (broad SMARTS) is 1. The first-order valence-corrected chi connectivity index (χ1v) is 8.60. The lowest BCUT2D eigenvalue weighted by molar-refractivity contribution is -0.148. The van der Waals surface area contributed by atoms with Gasteiger partial charge < -0.3 is 14.7 Å². The number of amides is 1. The maximum absolute atomic E-state index is 12.3. The van der Waals surface area contributed by atoms with E-state index in [2.05, 4.69) is 0 Å². The van der Waals surface area contributed by atoms with Gasteiger partial charge in [0.2, 0.25) is 0 Å². The number of carboxylic acids is 1. The van der Waals surface area contributed by atoms with Crippen molar-refractivity contribution in [1.29, 1.82) is 0 Å². The molecule has 5 nitrogen and oxygen atoms in total. The molecule has 1 aliphatic heterocycles. The molecule has 128 valence electrons. The van der Waals surface area contributed by atoms with Crippen LogP contribution in [0.4, 0.5) is 0 Å². The molecule has 5 heteroatoms. The molecule has 0 spiro atoms. The van der Waals surface area contributed by atoms with Crippen molar-refractivity contribution in [3.05, 3.63) is 42.2 Å². The average molecular weight is 329 g/mol. The highest BCUT2D eigenvalue weighted by Crippen LogP contribution is 2.30. The van der Waals surface area contributed by atoms with Crippen molar-refractivity contribution in [3.8, 4) is 5.75 Å². The van der Waals surface area contributed by atoms with Gasteiger partial charge in [-0.3, -0.25) is 4.79 Å². The highest BCUT2D eigenvalue weighted by Gasteiger charge is 2.35. The lowest BCUT2D eigenvalue weighted by atomic mass is 9.84. The summed E-state index contributed by atoms with van der Waals surface area (Å²) in [5, 5.41) is 9.60. The molecule has 1 saturated carbocycles. The molecule has 1 atom stereocenters. The number of hydrogen-bond acceptors (Lipinski definition) is 3. The molecule has 1 fully saturated rings. The van der Waals surface area contributed by atoms with Gasteiger partial charge in [-0.05, 0) is 24.5 Å². The third kappa shape index (κ3) is 3.96. The number of rotatable bonds is 6. The van der Waals surface area contributed by atoms with E-state index in [0.717, 1.165) is 25.7 Å². The minimum Gasteiger partial charge on any atom is -0.480 e. The lowest BCUT2D eigenvalue weighted by Crippen LogP contribution is -2.44. The standard InChI is InChI=1S/C19H23NO4/c21-18-12-16(24-15-9-5-2-6-10-15)13-20(18)17(19(22)23)11-14-7-3-1-4-8-14/h2,5-6,9-10,12,14,17H,1,3-4,7-8,11,13H2,(H,22,23)/t17-/m0/s1. The van der Waals surface area contributed by atoms with Crippen molar-refractivity contribution >= 4 is 11.9 Å². The molecule has 0 bridgehead atoms. The molecule has 1 aliphatic carbocycles.